The molecule has 0 aromatic heterocycles. The third-order valence-corrected chi connectivity index (χ3v) is 0. The minimum atomic E-state index is 0. The Morgan fingerprint density at radius 2 is 1.00 bits per heavy atom. The average Bonchev–Trinajstić information content (AvgIpc) is 1.39. The van der Waals surface area contributed by atoms with Crippen LogP contribution < -0.4 is 0 Å². The van der Waals surface area contributed by atoms with Crippen LogP contribution in [0.25, 0.3) is 0 Å². The monoisotopic (exact) mass is 143 g/mol. The van der Waals surface area contributed by atoms with Gasteiger partial charge in [-0.25, -0.2) is 0 Å². The van der Waals surface area contributed by atoms with E-state index < -0.39 is 0 Å². The van der Waals surface area contributed by atoms with Gasteiger partial charge in [-0.3, -0.25) is 0 Å². The van der Waals surface area contributed by atoms with Gasteiger partial charge in [-0.05, 0) is 13.8 Å². The molecule has 7 heavy (non-hydrogen) atoms. The van der Waals surface area contributed by atoms with Gasteiger partial charge in [-0.2, -0.15) is 0 Å². The van der Waals surface area contributed by atoms with Gasteiger partial charge in [0.05, 0.1) is 0 Å². The fourth-order valence-corrected chi connectivity index (χ4v) is 0. The van der Waals surface area contributed by atoms with Crippen molar-refractivity contribution in [3.8, 4) is 0 Å². The zero-order valence-corrected chi connectivity index (χ0v) is 6.15. The van der Waals surface area contributed by atoms with E-state index >= 15 is 0 Å². The van der Waals surface area contributed by atoms with Crippen LogP contribution in [0.5, 0.6) is 0 Å². The number of aliphatic hydroxyl groups is 2. The van der Waals surface area contributed by atoms with Gasteiger partial charge in [-0.1, -0.05) is 0 Å². The molecule has 0 aliphatic rings. The minimum absolute atomic E-state index is 0. The summed E-state index contributed by atoms with van der Waals surface area (Å²) in [7, 11) is 0. The Balaban J connectivity index is -0.0000000400. The molecule has 1 radical (unpaired) electrons. The Kier molecular flexibility index (Phi) is 70.2. The topological polar surface area (TPSA) is 40.5 Å². The first-order valence-electron chi connectivity index (χ1n) is 2.05. The molecule has 45 valence electrons. The van der Waals surface area contributed by atoms with E-state index in [4.69, 9.17) is 10.2 Å². The van der Waals surface area contributed by atoms with Crippen molar-refractivity contribution in [3.05, 3.63) is 0 Å². The summed E-state index contributed by atoms with van der Waals surface area (Å²) >= 11 is 0. The third kappa shape index (κ3) is 519. The first-order chi connectivity index (χ1) is 2.83. The SMILES string of the molecule is CCO.CCO.[V]. The Bertz CT molecular complexity index is 11.7. The molecule has 0 bridgehead atoms. The van der Waals surface area contributed by atoms with Gasteiger partial charge in [0.1, 0.15) is 0 Å². The second kappa shape index (κ2) is 31.4. The quantitative estimate of drug-likeness (QED) is 0.500. The molecule has 2 N–H and O–H groups in total. The molecule has 0 atom stereocenters. The van der Waals surface area contributed by atoms with Crippen LogP contribution in [0.3, 0.4) is 0 Å². The average molecular weight is 143 g/mol. The van der Waals surface area contributed by atoms with E-state index in [-0.39, 0.29) is 31.8 Å². The van der Waals surface area contributed by atoms with Gasteiger partial charge in [0, 0.05) is 31.8 Å². The van der Waals surface area contributed by atoms with Crippen molar-refractivity contribution >= 4 is 0 Å². The maximum Gasteiger partial charge on any atom is 0.0402 e. The third-order valence-electron chi connectivity index (χ3n) is 0. The Labute approximate surface area is 56.4 Å². The maximum absolute atomic E-state index is 7.57. The minimum Gasteiger partial charge on any atom is -0.397 e. The standard InChI is InChI=1S/2C2H6O.V/c2*1-2-3;/h2*3H,2H2,1H3;. The van der Waals surface area contributed by atoms with Crippen LogP contribution in [0.2, 0.25) is 0 Å². The van der Waals surface area contributed by atoms with Crippen molar-refractivity contribution in [2.24, 2.45) is 0 Å². The second-order valence-electron chi connectivity index (χ2n) is 0.632. The summed E-state index contributed by atoms with van der Waals surface area (Å²) in [5.74, 6) is 0. The molecule has 0 aliphatic heterocycles. The first kappa shape index (κ1) is 15.6. The van der Waals surface area contributed by atoms with Crippen molar-refractivity contribution in [1.29, 1.82) is 0 Å². The first-order valence-corrected chi connectivity index (χ1v) is 2.05. The molecule has 3 heteroatoms. The smallest absolute Gasteiger partial charge is 0.0402 e. The molecule has 2 nitrogen and oxygen atoms in total. The van der Waals surface area contributed by atoms with Crippen LogP contribution >= 0.6 is 0 Å². The summed E-state index contributed by atoms with van der Waals surface area (Å²) in [6.07, 6.45) is 0. The van der Waals surface area contributed by atoms with Crippen molar-refractivity contribution in [3.63, 3.8) is 0 Å². The van der Waals surface area contributed by atoms with Gasteiger partial charge in [0.2, 0.25) is 0 Å². The molecule has 0 spiro atoms. The number of hydrogen-bond donors (Lipinski definition) is 2. The van der Waals surface area contributed by atoms with Crippen LogP contribution in [0.15, 0.2) is 0 Å². The van der Waals surface area contributed by atoms with Gasteiger partial charge in [0.25, 0.3) is 0 Å². The van der Waals surface area contributed by atoms with E-state index in [9.17, 15) is 0 Å². The van der Waals surface area contributed by atoms with Crippen LogP contribution in [0.4, 0.5) is 0 Å². The van der Waals surface area contributed by atoms with E-state index in [0.29, 0.717) is 0 Å². The summed E-state index contributed by atoms with van der Waals surface area (Å²) < 4.78 is 0. The van der Waals surface area contributed by atoms with Crippen molar-refractivity contribution in [2.45, 2.75) is 13.8 Å². The van der Waals surface area contributed by atoms with E-state index in [1.54, 1.807) is 13.8 Å². The normalized spacial score (nSPS) is 5.14. The van der Waals surface area contributed by atoms with Crippen molar-refractivity contribution < 1.29 is 28.8 Å². The molecule has 0 aromatic rings. The zero-order valence-electron chi connectivity index (χ0n) is 4.76. The predicted molar refractivity (Wildman–Crippen MR) is 25.5 cm³/mol. The fraction of sp³-hybridized carbons (Fsp3) is 1.00. The molecule has 0 unspecified atom stereocenters. The van der Waals surface area contributed by atoms with Gasteiger partial charge in [0.15, 0.2) is 0 Å². The summed E-state index contributed by atoms with van der Waals surface area (Å²) in [5.41, 5.74) is 0. The van der Waals surface area contributed by atoms with Gasteiger partial charge >= 0.3 is 0 Å². The number of hydrogen-bond acceptors (Lipinski definition) is 2. The molecular formula is C4H12O2V. The summed E-state index contributed by atoms with van der Waals surface area (Å²) in [5, 5.41) is 15.1. The summed E-state index contributed by atoms with van der Waals surface area (Å²) in [6, 6.07) is 0. The molecule has 0 aliphatic carbocycles. The van der Waals surface area contributed by atoms with Gasteiger partial charge in [-0.15, -0.1) is 0 Å². The molecule has 0 heterocycles. The molecule has 0 amide bonds. The Morgan fingerprint density at radius 3 is 1.00 bits per heavy atom. The Morgan fingerprint density at radius 1 is 1.00 bits per heavy atom. The maximum atomic E-state index is 7.57. The van der Waals surface area contributed by atoms with E-state index in [1.165, 1.54) is 0 Å². The predicted octanol–water partition coefficient (Wildman–Crippen LogP) is -0.00530. The van der Waals surface area contributed by atoms with E-state index in [2.05, 4.69) is 0 Å². The molecule has 0 aromatic carbocycles. The number of aliphatic hydroxyl groups excluding tert-OH is 2. The number of rotatable bonds is 0. The fourth-order valence-electron chi connectivity index (χ4n) is 0. The van der Waals surface area contributed by atoms with Crippen LogP contribution in [-0.4, -0.2) is 23.4 Å². The Hall–Kier alpha value is 0.504. The van der Waals surface area contributed by atoms with Crippen LogP contribution in [0.1, 0.15) is 13.8 Å². The molecule has 0 fully saturated rings. The van der Waals surface area contributed by atoms with Crippen LogP contribution in [-0.2, 0) is 18.6 Å². The molecule has 0 saturated heterocycles. The van der Waals surface area contributed by atoms with Crippen LogP contribution in [0, 0.1) is 0 Å². The summed E-state index contributed by atoms with van der Waals surface area (Å²) in [4.78, 5) is 0. The van der Waals surface area contributed by atoms with Crippen molar-refractivity contribution in [2.75, 3.05) is 13.2 Å². The molecule has 0 rings (SSSR count). The van der Waals surface area contributed by atoms with Gasteiger partial charge < -0.3 is 10.2 Å². The van der Waals surface area contributed by atoms with E-state index in [0.717, 1.165) is 0 Å². The summed E-state index contributed by atoms with van der Waals surface area (Å²) in [6.45, 7) is 3.86. The van der Waals surface area contributed by atoms with Crippen molar-refractivity contribution in [1.82, 2.24) is 0 Å². The largest absolute Gasteiger partial charge is 0.397 e. The zero-order chi connectivity index (χ0) is 5.41. The second-order valence-corrected chi connectivity index (χ2v) is 0.632. The van der Waals surface area contributed by atoms with E-state index in [1.807, 2.05) is 0 Å². The molecule has 0 saturated carbocycles. The molecular weight excluding hydrogens is 131 g/mol.